The lowest BCUT2D eigenvalue weighted by molar-refractivity contribution is 0.0695. The fourth-order valence-corrected chi connectivity index (χ4v) is 0.676. The molecule has 9 heavy (non-hydrogen) atoms. The fourth-order valence-electron chi connectivity index (χ4n) is 0.484. The molecule has 0 saturated carbocycles. The predicted molar refractivity (Wildman–Crippen MR) is 39.3 cm³/mol. The van der Waals surface area contributed by atoms with Gasteiger partial charge >= 0.3 is 0 Å². The third-order valence-corrected chi connectivity index (χ3v) is 0.963. The van der Waals surface area contributed by atoms with Gasteiger partial charge in [-0.25, -0.2) is 0 Å². The van der Waals surface area contributed by atoms with Crippen molar-refractivity contribution in [2.24, 2.45) is 5.73 Å². The summed E-state index contributed by atoms with van der Waals surface area (Å²) in [7, 11) is 1.52. The Balaban J connectivity index is 3.26. The Morgan fingerprint density at radius 1 is 1.89 bits per heavy atom. The number of rotatable bonds is 4. The van der Waals surface area contributed by atoms with E-state index in [1.54, 1.807) is 0 Å². The van der Waals surface area contributed by atoms with Gasteiger partial charge in [-0.1, -0.05) is 12.2 Å². The van der Waals surface area contributed by atoms with Gasteiger partial charge in [0.25, 0.3) is 0 Å². The molecule has 4 heteroatoms. The van der Waals surface area contributed by atoms with E-state index in [-0.39, 0.29) is 6.61 Å². The van der Waals surface area contributed by atoms with Crippen LogP contribution in [0, 0.1) is 0 Å². The summed E-state index contributed by atoms with van der Waals surface area (Å²) < 4.78 is 4.64. The van der Waals surface area contributed by atoms with Crippen LogP contribution in [0.25, 0.3) is 0 Å². The van der Waals surface area contributed by atoms with Crippen LogP contribution in [0.15, 0.2) is 0 Å². The second kappa shape index (κ2) is 4.67. The summed E-state index contributed by atoms with van der Waals surface area (Å²) in [6.07, 6.45) is -0.212. The molecule has 0 heterocycles. The first-order chi connectivity index (χ1) is 4.16. The monoisotopic (exact) mass is 149 g/mol. The Kier molecular flexibility index (Phi) is 4.57. The van der Waals surface area contributed by atoms with Crippen molar-refractivity contribution < 1.29 is 9.84 Å². The molecule has 0 rings (SSSR count). The number of hydrogen-bond donors (Lipinski definition) is 2. The quantitative estimate of drug-likeness (QED) is 0.537. The first-order valence-corrected chi connectivity index (χ1v) is 3.03. The van der Waals surface area contributed by atoms with Gasteiger partial charge in [0, 0.05) is 13.5 Å². The minimum Gasteiger partial charge on any atom is -0.393 e. The maximum Gasteiger partial charge on any atom is 0.0836 e. The summed E-state index contributed by atoms with van der Waals surface area (Å²) in [5, 5.41) is 8.93. The summed E-state index contributed by atoms with van der Waals surface area (Å²) in [4.78, 5) is 0.319. The number of methoxy groups -OCH3 is 1. The first kappa shape index (κ1) is 8.81. The standard InChI is InChI=1S/C5H11NO2S/c1-8-3-4(7)2-5(6)9/h4,7H,2-3H2,1H3,(H2,6,9). The average Bonchev–Trinajstić information content (AvgIpc) is 1.63. The highest BCUT2D eigenvalue weighted by molar-refractivity contribution is 7.80. The van der Waals surface area contributed by atoms with E-state index in [1.807, 2.05) is 0 Å². The van der Waals surface area contributed by atoms with Crippen LogP contribution in [-0.4, -0.2) is 29.9 Å². The minimum absolute atomic E-state index is 0.289. The van der Waals surface area contributed by atoms with Crippen LogP contribution in [0.5, 0.6) is 0 Å². The predicted octanol–water partition coefficient (Wildman–Crippen LogP) is -0.330. The van der Waals surface area contributed by atoms with Gasteiger partial charge in [-0.2, -0.15) is 0 Å². The van der Waals surface area contributed by atoms with E-state index < -0.39 is 6.10 Å². The lowest BCUT2D eigenvalue weighted by Gasteiger charge is -2.06. The van der Waals surface area contributed by atoms with Crippen molar-refractivity contribution in [3.05, 3.63) is 0 Å². The van der Waals surface area contributed by atoms with Crippen molar-refractivity contribution in [2.75, 3.05) is 13.7 Å². The maximum atomic E-state index is 8.93. The molecule has 0 saturated heterocycles. The molecule has 3 nitrogen and oxygen atoms in total. The highest BCUT2D eigenvalue weighted by atomic mass is 32.1. The first-order valence-electron chi connectivity index (χ1n) is 2.62. The molecule has 0 amide bonds. The zero-order valence-electron chi connectivity index (χ0n) is 5.33. The fraction of sp³-hybridized carbons (Fsp3) is 0.800. The second-order valence-corrected chi connectivity index (χ2v) is 2.30. The normalized spacial score (nSPS) is 13.1. The van der Waals surface area contributed by atoms with Crippen LogP contribution in [0.2, 0.25) is 0 Å². The Morgan fingerprint density at radius 3 is 2.78 bits per heavy atom. The molecule has 0 aliphatic heterocycles. The third-order valence-electron chi connectivity index (χ3n) is 0.796. The molecule has 54 valence electrons. The lowest BCUT2D eigenvalue weighted by Crippen LogP contribution is -2.21. The Hall–Kier alpha value is -0.190. The zero-order valence-corrected chi connectivity index (χ0v) is 6.15. The largest absolute Gasteiger partial charge is 0.393 e. The van der Waals surface area contributed by atoms with Crippen LogP contribution < -0.4 is 5.73 Å². The van der Waals surface area contributed by atoms with E-state index in [0.29, 0.717) is 11.4 Å². The maximum absolute atomic E-state index is 8.93. The van der Waals surface area contributed by atoms with Crippen molar-refractivity contribution in [1.29, 1.82) is 0 Å². The molecule has 0 aromatic heterocycles. The number of aliphatic hydroxyl groups is 1. The lowest BCUT2D eigenvalue weighted by atomic mass is 10.3. The summed E-state index contributed by atoms with van der Waals surface area (Å²) in [6.45, 7) is 0.289. The summed E-state index contributed by atoms with van der Waals surface area (Å²) in [5.74, 6) is 0. The van der Waals surface area contributed by atoms with E-state index in [2.05, 4.69) is 17.0 Å². The summed E-state index contributed by atoms with van der Waals surface area (Å²) in [6, 6.07) is 0. The highest BCUT2D eigenvalue weighted by Gasteiger charge is 2.02. The Bertz CT molecular complexity index is 97.0. The van der Waals surface area contributed by atoms with Crippen molar-refractivity contribution in [3.63, 3.8) is 0 Å². The molecule has 1 unspecified atom stereocenters. The van der Waals surface area contributed by atoms with E-state index >= 15 is 0 Å². The molecule has 0 aliphatic rings. The second-order valence-electron chi connectivity index (χ2n) is 1.78. The van der Waals surface area contributed by atoms with Crippen LogP contribution in [0.3, 0.4) is 0 Å². The zero-order chi connectivity index (χ0) is 7.28. The summed E-state index contributed by atoms with van der Waals surface area (Å²) in [5.41, 5.74) is 5.14. The minimum atomic E-state index is -0.549. The Labute approximate surface area is 59.8 Å². The van der Waals surface area contributed by atoms with Crippen molar-refractivity contribution in [1.82, 2.24) is 0 Å². The number of ether oxygens (including phenoxy) is 1. The number of thiocarbonyl (C=S) groups is 1. The molecular formula is C5H11NO2S. The van der Waals surface area contributed by atoms with Crippen LogP contribution in [-0.2, 0) is 4.74 Å². The number of hydrogen-bond acceptors (Lipinski definition) is 3. The van der Waals surface area contributed by atoms with E-state index in [4.69, 9.17) is 10.8 Å². The molecule has 0 aliphatic carbocycles. The van der Waals surface area contributed by atoms with Gasteiger partial charge in [0.15, 0.2) is 0 Å². The van der Waals surface area contributed by atoms with Crippen molar-refractivity contribution in [3.8, 4) is 0 Å². The van der Waals surface area contributed by atoms with E-state index in [9.17, 15) is 0 Å². The molecule has 1 atom stereocenters. The third kappa shape index (κ3) is 5.68. The van der Waals surface area contributed by atoms with Crippen LogP contribution in [0.4, 0.5) is 0 Å². The molecule has 3 N–H and O–H groups in total. The Morgan fingerprint density at radius 2 is 2.44 bits per heavy atom. The van der Waals surface area contributed by atoms with Crippen LogP contribution in [0.1, 0.15) is 6.42 Å². The summed E-state index contributed by atoms with van der Waals surface area (Å²) >= 11 is 4.55. The van der Waals surface area contributed by atoms with Crippen molar-refractivity contribution in [2.45, 2.75) is 12.5 Å². The van der Waals surface area contributed by atoms with Crippen molar-refractivity contribution >= 4 is 17.2 Å². The van der Waals surface area contributed by atoms with Gasteiger partial charge in [-0.15, -0.1) is 0 Å². The smallest absolute Gasteiger partial charge is 0.0836 e. The molecule has 0 fully saturated rings. The van der Waals surface area contributed by atoms with Crippen LogP contribution >= 0.6 is 12.2 Å². The average molecular weight is 149 g/mol. The number of nitrogens with two attached hydrogens (primary N) is 1. The molecule has 0 aromatic rings. The SMILES string of the molecule is COCC(O)CC(N)=S. The van der Waals surface area contributed by atoms with Gasteiger partial charge in [0.05, 0.1) is 17.7 Å². The molecule has 0 bridgehead atoms. The molecule has 0 radical (unpaired) electrons. The van der Waals surface area contributed by atoms with Gasteiger partial charge < -0.3 is 15.6 Å². The van der Waals surface area contributed by atoms with Gasteiger partial charge in [0.1, 0.15) is 0 Å². The topological polar surface area (TPSA) is 55.5 Å². The van der Waals surface area contributed by atoms with Gasteiger partial charge in [-0.05, 0) is 0 Å². The molecule has 0 spiro atoms. The van der Waals surface area contributed by atoms with E-state index in [1.165, 1.54) is 7.11 Å². The number of aliphatic hydroxyl groups excluding tert-OH is 1. The van der Waals surface area contributed by atoms with Gasteiger partial charge in [0.2, 0.25) is 0 Å². The molecular weight excluding hydrogens is 138 g/mol. The van der Waals surface area contributed by atoms with E-state index in [0.717, 1.165) is 0 Å². The highest BCUT2D eigenvalue weighted by Crippen LogP contribution is 1.90. The molecule has 0 aromatic carbocycles. The van der Waals surface area contributed by atoms with Gasteiger partial charge in [-0.3, -0.25) is 0 Å².